The monoisotopic (exact) mass is 471 g/mol. The minimum atomic E-state index is -0.704. The Hall–Kier alpha value is -2.87. The number of hydrogen-bond acceptors (Lipinski definition) is 5. The molecule has 0 unspecified atom stereocenters. The molecule has 0 radical (unpaired) electrons. The van der Waals surface area contributed by atoms with Crippen LogP contribution in [0.1, 0.15) is 48.0 Å². The molecule has 2 aliphatic heterocycles. The average Bonchev–Trinajstić information content (AvgIpc) is 3.48. The van der Waals surface area contributed by atoms with Crippen molar-refractivity contribution in [1.29, 1.82) is 0 Å². The van der Waals surface area contributed by atoms with Crippen LogP contribution in [0.25, 0.3) is 11.1 Å². The molecule has 1 aromatic carbocycles. The molecule has 1 saturated heterocycles. The molecule has 33 heavy (non-hydrogen) atoms. The van der Waals surface area contributed by atoms with Crippen LogP contribution in [0.2, 0.25) is 5.02 Å². The van der Waals surface area contributed by atoms with Crippen LogP contribution in [0.4, 0.5) is 15.9 Å². The Morgan fingerprint density at radius 2 is 2.15 bits per heavy atom. The van der Waals surface area contributed by atoms with Crippen LogP contribution in [0.5, 0.6) is 0 Å². The lowest BCUT2D eigenvalue weighted by molar-refractivity contribution is -0.129. The number of nitrogens with zero attached hydrogens (tertiary/aromatic N) is 3. The van der Waals surface area contributed by atoms with E-state index < -0.39 is 11.7 Å². The van der Waals surface area contributed by atoms with Gasteiger partial charge >= 0.3 is 0 Å². The summed E-state index contributed by atoms with van der Waals surface area (Å²) >= 11 is 6.95. The van der Waals surface area contributed by atoms with Crippen molar-refractivity contribution in [2.45, 2.75) is 43.6 Å². The highest BCUT2D eigenvalue weighted by molar-refractivity contribution is 6.34. The van der Waals surface area contributed by atoms with Crippen molar-refractivity contribution >= 4 is 34.9 Å². The van der Waals surface area contributed by atoms with Crippen molar-refractivity contribution < 1.29 is 14.0 Å². The predicted octanol–water partition coefficient (Wildman–Crippen LogP) is 3.66. The number of nitrogens with two attached hydrogens (primary N) is 1. The van der Waals surface area contributed by atoms with Crippen molar-refractivity contribution in [3.8, 4) is 11.1 Å². The van der Waals surface area contributed by atoms with Gasteiger partial charge in [0.25, 0.3) is 5.91 Å². The number of pyridine rings is 1. The standard InChI is InChI=1S/C24H27ClFN5O2/c1-30(2)23(33)18-16(27)6-5-14(21(18)26)15-11-28-22-19(20(15)25)24(12-29-22)8-7-13(10-24)31-9-3-4-17(31)32/h5-6,11,13H,3-4,7-10,12,27H2,1-2H3,(H,28,29)/t13-,24-/m1/s1. The molecule has 3 heterocycles. The van der Waals surface area contributed by atoms with Gasteiger partial charge in [-0.2, -0.15) is 0 Å². The number of amides is 2. The first-order chi connectivity index (χ1) is 15.7. The van der Waals surface area contributed by atoms with Crippen molar-refractivity contribution in [3.05, 3.63) is 40.3 Å². The number of likely N-dealkylation sites (tertiary alicyclic amines) is 1. The maximum atomic E-state index is 15.6. The first kappa shape index (κ1) is 21.9. The minimum absolute atomic E-state index is 0.0762. The number of anilines is 2. The van der Waals surface area contributed by atoms with E-state index in [1.54, 1.807) is 26.4 Å². The lowest BCUT2D eigenvalue weighted by atomic mass is 9.80. The highest BCUT2D eigenvalue weighted by Crippen LogP contribution is 2.53. The first-order valence-corrected chi connectivity index (χ1v) is 11.6. The molecule has 174 valence electrons. The largest absolute Gasteiger partial charge is 0.398 e. The van der Waals surface area contributed by atoms with Gasteiger partial charge in [-0.15, -0.1) is 0 Å². The zero-order valence-corrected chi connectivity index (χ0v) is 19.5. The number of carbonyl (C=O) groups is 2. The van der Waals surface area contributed by atoms with Gasteiger partial charge in [-0.1, -0.05) is 11.6 Å². The third kappa shape index (κ3) is 3.34. The summed E-state index contributed by atoms with van der Waals surface area (Å²) in [6, 6.07) is 3.25. The molecule has 1 saturated carbocycles. The molecule has 2 atom stereocenters. The Labute approximate surface area is 197 Å². The summed E-state index contributed by atoms with van der Waals surface area (Å²) < 4.78 is 15.6. The molecule has 2 amide bonds. The summed E-state index contributed by atoms with van der Waals surface area (Å²) in [5, 5.41) is 3.80. The van der Waals surface area contributed by atoms with Crippen molar-refractivity contribution in [2.24, 2.45) is 0 Å². The topological polar surface area (TPSA) is 91.6 Å². The molecule has 2 aromatic rings. The van der Waals surface area contributed by atoms with Crippen LogP contribution in [-0.4, -0.2) is 59.8 Å². The van der Waals surface area contributed by atoms with E-state index in [1.807, 2.05) is 4.90 Å². The second-order valence-electron chi connectivity index (χ2n) is 9.52. The van der Waals surface area contributed by atoms with E-state index in [1.165, 1.54) is 11.0 Å². The molecular formula is C24H27ClFN5O2. The number of aromatic nitrogens is 1. The van der Waals surface area contributed by atoms with Crippen LogP contribution in [0, 0.1) is 5.82 Å². The van der Waals surface area contributed by atoms with Gasteiger partial charge in [0.05, 0.1) is 10.6 Å². The number of nitrogens with one attached hydrogen (secondary N) is 1. The summed E-state index contributed by atoms with van der Waals surface area (Å²) in [6.45, 7) is 1.50. The SMILES string of the molecule is CN(C)C(=O)c1c(N)ccc(-c2cnc3c(c2Cl)[C@@]2(CC[C@@H](N4CCCC4=O)C2)CN3)c1F. The smallest absolute Gasteiger partial charge is 0.258 e. The van der Waals surface area contributed by atoms with Gasteiger partial charge in [0, 0.05) is 73.6 Å². The molecule has 2 fully saturated rings. The van der Waals surface area contributed by atoms with E-state index in [9.17, 15) is 9.59 Å². The van der Waals surface area contributed by atoms with Crippen LogP contribution in [-0.2, 0) is 10.2 Å². The highest BCUT2D eigenvalue weighted by Gasteiger charge is 2.49. The Morgan fingerprint density at radius 3 is 2.85 bits per heavy atom. The number of carbonyl (C=O) groups excluding carboxylic acids is 2. The lowest BCUT2D eigenvalue weighted by Gasteiger charge is -2.28. The van der Waals surface area contributed by atoms with Gasteiger partial charge in [0.1, 0.15) is 11.6 Å². The van der Waals surface area contributed by atoms with Gasteiger partial charge in [-0.3, -0.25) is 9.59 Å². The molecule has 1 aromatic heterocycles. The first-order valence-electron chi connectivity index (χ1n) is 11.3. The van der Waals surface area contributed by atoms with E-state index in [0.717, 1.165) is 37.8 Å². The van der Waals surface area contributed by atoms with E-state index in [4.69, 9.17) is 17.3 Å². The van der Waals surface area contributed by atoms with E-state index in [0.29, 0.717) is 29.4 Å². The lowest BCUT2D eigenvalue weighted by Crippen LogP contribution is -2.36. The van der Waals surface area contributed by atoms with Crippen molar-refractivity contribution in [3.63, 3.8) is 0 Å². The van der Waals surface area contributed by atoms with Crippen LogP contribution >= 0.6 is 11.6 Å². The second-order valence-corrected chi connectivity index (χ2v) is 9.90. The fourth-order valence-electron chi connectivity index (χ4n) is 5.68. The molecular weight excluding hydrogens is 445 g/mol. The van der Waals surface area contributed by atoms with Gasteiger partial charge < -0.3 is 20.9 Å². The molecule has 3 N–H and O–H groups in total. The van der Waals surface area contributed by atoms with Crippen LogP contribution < -0.4 is 11.1 Å². The number of hydrogen-bond donors (Lipinski definition) is 2. The number of halogens is 2. The van der Waals surface area contributed by atoms with E-state index >= 15 is 4.39 Å². The Morgan fingerprint density at radius 1 is 1.36 bits per heavy atom. The van der Waals surface area contributed by atoms with Crippen LogP contribution in [0.3, 0.4) is 0 Å². The molecule has 3 aliphatic rings. The predicted molar refractivity (Wildman–Crippen MR) is 126 cm³/mol. The normalized spacial score (nSPS) is 23.8. The molecule has 9 heteroatoms. The average molecular weight is 472 g/mol. The van der Waals surface area contributed by atoms with Gasteiger partial charge in [0.2, 0.25) is 5.91 Å². The van der Waals surface area contributed by atoms with Crippen LogP contribution in [0.15, 0.2) is 18.3 Å². The van der Waals surface area contributed by atoms with Gasteiger partial charge in [-0.25, -0.2) is 9.37 Å². The fraction of sp³-hybridized carbons (Fsp3) is 0.458. The number of benzene rings is 1. The summed E-state index contributed by atoms with van der Waals surface area (Å²) in [7, 11) is 3.10. The maximum Gasteiger partial charge on any atom is 0.258 e. The Balaban J connectivity index is 1.56. The Bertz CT molecular complexity index is 1170. The van der Waals surface area contributed by atoms with E-state index in [2.05, 4.69) is 10.3 Å². The Kier molecular flexibility index (Phi) is 5.23. The number of nitrogen functional groups attached to an aromatic ring is 1. The molecule has 1 spiro atoms. The zero-order valence-electron chi connectivity index (χ0n) is 18.8. The molecule has 0 bridgehead atoms. The maximum absolute atomic E-state index is 15.6. The third-order valence-corrected chi connectivity index (χ3v) is 7.75. The summed E-state index contributed by atoms with van der Waals surface area (Å²) in [6.07, 6.45) is 5.66. The summed E-state index contributed by atoms with van der Waals surface area (Å²) in [4.78, 5) is 32.7. The zero-order chi connectivity index (χ0) is 23.5. The quantitative estimate of drug-likeness (QED) is 0.666. The van der Waals surface area contributed by atoms with Crippen molar-refractivity contribution in [1.82, 2.24) is 14.8 Å². The van der Waals surface area contributed by atoms with Gasteiger partial charge in [-0.05, 0) is 37.8 Å². The summed E-state index contributed by atoms with van der Waals surface area (Å²) in [5.74, 6) is -0.283. The molecule has 7 nitrogen and oxygen atoms in total. The molecule has 1 aliphatic carbocycles. The fourth-order valence-corrected chi connectivity index (χ4v) is 6.12. The number of rotatable bonds is 3. The van der Waals surface area contributed by atoms with E-state index in [-0.39, 0.29) is 34.2 Å². The second kappa shape index (κ2) is 7.87. The molecule has 5 rings (SSSR count). The van der Waals surface area contributed by atoms with Gasteiger partial charge in [0.15, 0.2) is 0 Å². The highest BCUT2D eigenvalue weighted by atomic mass is 35.5. The van der Waals surface area contributed by atoms with Crippen molar-refractivity contribution in [2.75, 3.05) is 38.2 Å². The summed E-state index contributed by atoms with van der Waals surface area (Å²) in [5.41, 5.74) is 7.10. The minimum Gasteiger partial charge on any atom is -0.398 e. The number of fused-ring (bicyclic) bond motifs is 2. The third-order valence-electron chi connectivity index (χ3n) is 7.36.